The molecule has 6 atom stereocenters. The zero-order valence-corrected chi connectivity index (χ0v) is 17.6. The number of ether oxygens (including phenoxy) is 1. The lowest BCUT2D eigenvalue weighted by Gasteiger charge is -2.46. The standard InChI is InChI=1S/C24H27NO3S/c1-3-29-21-14-19-16(2)22(17-10-6-4-7-11-17)24(25(26)27)23(20(19)15-28-21)18-12-8-5-9-13-18/h4-13,15-16,19,21-24H,3,14H2,1-2H3/t16-,19-,21-,22-,23+,24+/m0/s1. The lowest BCUT2D eigenvalue weighted by atomic mass is 9.59. The molecule has 5 heteroatoms. The number of nitro groups is 1. The highest BCUT2D eigenvalue weighted by molar-refractivity contribution is 7.99. The van der Waals surface area contributed by atoms with Crippen LogP contribution in [-0.2, 0) is 4.74 Å². The second-order valence-electron chi connectivity index (χ2n) is 7.94. The molecule has 0 unspecified atom stereocenters. The summed E-state index contributed by atoms with van der Waals surface area (Å²) in [5, 5.41) is 12.4. The molecule has 1 aliphatic heterocycles. The van der Waals surface area contributed by atoms with Crippen molar-refractivity contribution < 1.29 is 9.66 Å². The third-order valence-corrected chi connectivity index (χ3v) is 7.45. The monoisotopic (exact) mass is 409 g/mol. The van der Waals surface area contributed by atoms with Crippen LogP contribution in [0.1, 0.15) is 43.2 Å². The number of hydrogen-bond acceptors (Lipinski definition) is 4. The highest BCUT2D eigenvalue weighted by atomic mass is 32.2. The molecule has 0 N–H and O–H groups in total. The van der Waals surface area contributed by atoms with Crippen LogP contribution in [0.25, 0.3) is 0 Å². The van der Waals surface area contributed by atoms with Crippen LogP contribution >= 0.6 is 11.8 Å². The predicted octanol–water partition coefficient (Wildman–Crippen LogP) is 5.85. The van der Waals surface area contributed by atoms with Crippen LogP contribution in [0, 0.1) is 22.0 Å². The maximum atomic E-state index is 12.4. The fourth-order valence-corrected chi connectivity index (χ4v) is 6.05. The third kappa shape index (κ3) is 3.80. The molecule has 2 aliphatic rings. The molecular weight excluding hydrogens is 382 g/mol. The molecule has 0 radical (unpaired) electrons. The first kappa shape index (κ1) is 20.0. The van der Waals surface area contributed by atoms with Crippen LogP contribution in [0.15, 0.2) is 72.5 Å². The Morgan fingerprint density at radius 3 is 2.28 bits per heavy atom. The van der Waals surface area contributed by atoms with Gasteiger partial charge in [-0.15, -0.1) is 11.8 Å². The minimum atomic E-state index is -0.712. The average molecular weight is 410 g/mol. The first-order valence-electron chi connectivity index (χ1n) is 10.3. The van der Waals surface area contributed by atoms with E-state index in [1.165, 1.54) is 0 Å². The molecule has 4 nitrogen and oxygen atoms in total. The largest absolute Gasteiger partial charge is 0.487 e. The number of hydrogen-bond donors (Lipinski definition) is 0. The van der Waals surface area contributed by atoms with Gasteiger partial charge in [0.05, 0.1) is 18.1 Å². The van der Waals surface area contributed by atoms with Crippen LogP contribution < -0.4 is 0 Å². The highest BCUT2D eigenvalue weighted by Crippen LogP contribution is 2.55. The summed E-state index contributed by atoms with van der Waals surface area (Å²) in [6, 6.07) is 19.3. The maximum absolute atomic E-state index is 12.4. The Kier molecular flexibility index (Phi) is 5.95. The summed E-state index contributed by atoms with van der Waals surface area (Å²) in [4.78, 5) is 12.4. The first-order chi connectivity index (χ1) is 14.1. The SMILES string of the molecule is CCS[C@H]1C[C@@H]2C(=CO1)[C@@H](c1ccccc1)[C@H]([N+](=O)[O-])[C@H](c1ccccc1)[C@H]2C. The van der Waals surface area contributed by atoms with Gasteiger partial charge in [-0.25, -0.2) is 0 Å². The van der Waals surface area contributed by atoms with Crippen LogP contribution in [-0.4, -0.2) is 22.2 Å². The van der Waals surface area contributed by atoms with Crippen LogP contribution in [0.5, 0.6) is 0 Å². The summed E-state index contributed by atoms with van der Waals surface area (Å²) < 4.78 is 6.04. The third-order valence-electron chi connectivity index (χ3n) is 6.44. The molecule has 2 aromatic rings. The van der Waals surface area contributed by atoms with Gasteiger partial charge < -0.3 is 4.74 Å². The minimum absolute atomic E-state index is 0.0597. The molecule has 4 rings (SSSR count). The van der Waals surface area contributed by atoms with Gasteiger partial charge in [-0.3, -0.25) is 10.1 Å². The van der Waals surface area contributed by atoms with Gasteiger partial charge in [-0.1, -0.05) is 74.5 Å². The van der Waals surface area contributed by atoms with Gasteiger partial charge in [-0.2, -0.15) is 0 Å². The van der Waals surface area contributed by atoms with E-state index in [0.717, 1.165) is 28.9 Å². The Bertz CT molecular complexity index is 870. The van der Waals surface area contributed by atoms with E-state index in [1.807, 2.05) is 78.7 Å². The van der Waals surface area contributed by atoms with Crippen molar-refractivity contribution in [3.05, 3.63) is 93.7 Å². The zero-order chi connectivity index (χ0) is 20.4. The molecule has 1 aliphatic carbocycles. The zero-order valence-electron chi connectivity index (χ0n) is 16.8. The average Bonchev–Trinajstić information content (AvgIpc) is 2.75. The molecule has 0 amide bonds. The predicted molar refractivity (Wildman–Crippen MR) is 118 cm³/mol. The van der Waals surface area contributed by atoms with Crippen molar-refractivity contribution in [3.8, 4) is 0 Å². The fraction of sp³-hybridized carbons (Fsp3) is 0.417. The molecule has 1 fully saturated rings. The van der Waals surface area contributed by atoms with E-state index < -0.39 is 6.04 Å². The fourth-order valence-electron chi connectivity index (χ4n) is 5.20. The first-order valence-corrected chi connectivity index (χ1v) is 11.4. The van der Waals surface area contributed by atoms with E-state index in [2.05, 4.69) is 13.8 Å². The normalized spacial score (nSPS) is 31.3. The summed E-state index contributed by atoms with van der Waals surface area (Å²) in [6.07, 6.45) is 2.76. The molecule has 29 heavy (non-hydrogen) atoms. The van der Waals surface area contributed by atoms with Gasteiger partial charge in [0.2, 0.25) is 6.04 Å². The molecule has 0 bridgehead atoms. The number of benzene rings is 2. The smallest absolute Gasteiger partial charge is 0.230 e. The van der Waals surface area contributed by atoms with E-state index in [9.17, 15) is 10.1 Å². The molecule has 0 spiro atoms. The van der Waals surface area contributed by atoms with Crippen molar-refractivity contribution in [2.24, 2.45) is 11.8 Å². The Balaban J connectivity index is 1.85. The van der Waals surface area contributed by atoms with Crippen molar-refractivity contribution in [1.29, 1.82) is 0 Å². The lowest BCUT2D eigenvalue weighted by Crippen LogP contribution is -2.47. The van der Waals surface area contributed by atoms with E-state index in [-0.39, 0.29) is 34.0 Å². The molecular formula is C24H27NO3S. The summed E-state index contributed by atoms with van der Waals surface area (Å²) in [7, 11) is 0. The second-order valence-corrected chi connectivity index (χ2v) is 9.38. The Hall–Kier alpha value is -2.27. The number of fused-ring (bicyclic) bond motifs is 1. The molecule has 0 aromatic heterocycles. The highest BCUT2D eigenvalue weighted by Gasteiger charge is 2.54. The second kappa shape index (κ2) is 8.62. The number of nitrogens with zero attached hydrogens (tertiary/aromatic N) is 1. The Morgan fingerprint density at radius 2 is 1.69 bits per heavy atom. The van der Waals surface area contributed by atoms with Gasteiger partial charge >= 0.3 is 0 Å². The maximum Gasteiger partial charge on any atom is 0.230 e. The summed E-state index contributed by atoms with van der Waals surface area (Å²) >= 11 is 1.81. The summed E-state index contributed by atoms with van der Waals surface area (Å²) in [5.41, 5.74) is 3.28. The van der Waals surface area contributed by atoms with Gasteiger partial charge in [0.15, 0.2) is 0 Å². The Labute approximate surface area is 176 Å². The summed E-state index contributed by atoms with van der Waals surface area (Å²) in [5.74, 6) is 1.04. The van der Waals surface area contributed by atoms with E-state index in [0.29, 0.717) is 0 Å². The van der Waals surface area contributed by atoms with Crippen molar-refractivity contribution >= 4 is 11.8 Å². The van der Waals surface area contributed by atoms with Crippen molar-refractivity contribution in [2.75, 3.05) is 5.75 Å². The van der Waals surface area contributed by atoms with E-state index in [4.69, 9.17) is 4.74 Å². The van der Waals surface area contributed by atoms with Crippen LogP contribution in [0.4, 0.5) is 0 Å². The lowest BCUT2D eigenvalue weighted by molar-refractivity contribution is -0.534. The molecule has 1 saturated carbocycles. The van der Waals surface area contributed by atoms with Gasteiger partial charge in [0, 0.05) is 11.3 Å². The molecule has 152 valence electrons. The molecule has 1 heterocycles. The van der Waals surface area contributed by atoms with E-state index in [1.54, 1.807) is 0 Å². The van der Waals surface area contributed by atoms with Crippen molar-refractivity contribution in [1.82, 2.24) is 0 Å². The number of thioether (sulfide) groups is 1. The van der Waals surface area contributed by atoms with Crippen molar-refractivity contribution in [3.63, 3.8) is 0 Å². The topological polar surface area (TPSA) is 52.4 Å². The quantitative estimate of drug-likeness (QED) is 0.459. The Morgan fingerprint density at radius 1 is 1.07 bits per heavy atom. The molecule has 2 aromatic carbocycles. The van der Waals surface area contributed by atoms with Crippen molar-refractivity contribution in [2.45, 2.75) is 43.6 Å². The number of rotatable bonds is 5. The van der Waals surface area contributed by atoms with E-state index >= 15 is 0 Å². The molecule has 0 saturated heterocycles. The van der Waals surface area contributed by atoms with Gasteiger partial charge in [-0.05, 0) is 34.3 Å². The summed E-state index contributed by atoms with van der Waals surface area (Å²) in [6.45, 7) is 4.33. The van der Waals surface area contributed by atoms with Crippen LogP contribution in [0.2, 0.25) is 0 Å². The van der Waals surface area contributed by atoms with Gasteiger partial charge in [0.25, 0.3) is 0 Å². The minimum Gasteiger partial charge on any atom is -0.487 e. The van der Waals surface area contributed by atoms with Gasteiger partial charge in [0.1, 0.15) is 5.44 Å². The van der Waals surface area contributed by atoms with Crippen LogP contribution in [0.3, 0.4) is 0 Å².